The Bertz CT molecular complexity index is 662. The minimum atomic E-state index is -0.823. The van der Waals surface area contributed by atoms with E-state index in [1.807, 2.05) is 0 Å². The average Bonchev–Trinajstić information content (AvgIpc) is 2.62. The molecule has 0 saturated heterocycles. The lowest BCUT2D eigenvalue weighted by Crippen LogP contribution is -2.40. The molecule has 0 radical (unpaired) electrons. The third kappa shape index (κ3) is 1.40. The average molecular weight is 268 g/mol. The van der Waals surface area contributed by atoms with Crippen LogP contribution in [0.25, 0.3) is 11.0 Å². The molecule has 1 saturated carbocycles. The molecular weight excluding hydrogens is 254 g/mol. The number of rotatable bonds is 2. The lowest BCUT2D eigenvalue weighted by molar-refractivity contribution is 0.139. The number of aromatic amines is 1. The summed E-state index contributed by atoms with van der Waals surface area (Å²) in [4.78, 5) is 2.97. The molecule has 1 aliphatic carbocycles. The van der Waals surface area contributed by atoms with Gasteiger partial charge in [0.1, 0.15) is 5.52 Å². The second kappa shape index (κ2) is 3.88. The summed E-state index contributed by atoms with van der Waals surface area (Å²) in [5.41, 5.74) is 0.712. The van der Waals surface area contributed by atoms with Gasteiger partial charge in [-0.15, -0.1) is 0 Å². The fourth-order valence-corrected chi connectivity index (χ4v) is 3.30. The Balaban J connectivity index is 2.38. The summed E-state index contributed by atoms with van der Waals surface area (Å²) in [6.45, 7) is 2.07. The summed E-state index contributed by atoms with van der Waals surface area (Å²) in [5, 5.41) is 0. The molecule has 18 heavy (non-hydrogen) atoms. The van der Waals surface area contributed by atoms with Crippen molar-refractivity contribution in [1.82, 2.24) is 9.55 Å². The standard InChI is InChI=1S/C13H14F2N2S/c1-2-13(6-3-7-13)17-11-9(16-12(17)18)5-4-8(14)10(11)15/h4-5H,2-3,6-7H2,1H3,(H,16,18). The third-order valence-electron chi connectivity index (χ3n) is 4.15. The maximum absolute atomic E-state index is 14.0. The van der Waals surface area contributed by atoms with Crippen molar-refractivity contribution in [2.75, 3.05) is 0 Å². The molecule has 2 nitrogen and oxygen atoms in total. The van der Waals surface area contributed by atoms with Crippen molar-refractivity contribution in [1.29, 1.82) is 0 Å². The molecule has 1 heterocycles. The number of imidazole rings is 1. The first kappa shape index (κ1) is 11.8. The van der Waals surface area contributed by atoms with Crippen LogP contribution >= 0.6 is 12.2 Å². The van der Waals surface area contributed by atoms with Crippen molar-refractivity contribution in [2.45, 2.75) is 38.1 Å². The van der Waals surface area contributed by atoms with E-state index in [0.29, 0.717) is 10.3 Å². The highest BCUT2D eigenvalue weighted by atomic mass is 32.1. The first-order chi connectivity index (χ1) is 8.59. The Morgan fingerprint density at radius 2 is 2.11 bits per heavy atom. The molecule has 0 bridgehead atoms. The summed E-state index contributed by atoms with van der Waals surface area (Å²) in [6.07, 6.45) is 3.94. The molecule has 1 N–H and O–H groups in total. The van der Waals surface area contributed by atoms with Crippen LogP contribution < -0.4 is 0 Å². The zero-order valence-electron chi connectivity index (χ0n) is 10.1. The van der Waals surface area contributed by atoms with Gasteiger partial charge in [0, 0.05) is 5.54 Å². The van der Waals surface area contributed by atoms with E-state index in [9.17, 15) is 8.78 Å². The predicted octanol–water partition coefficient (Wildman–Crippen LogP) is 4.27. The van der Waals surface area contributed by atoms with Gasteiger partial charge in [-0.3, -0.25) is 0 Å². The van der Waals surface area contributed by atoms with Crippen LogP contribution in [0.5, 0.6) is 0 Å². The van der Waals surface area contributed by atoms with E-state index in [1.165, 1.54) is 0 Å². The number of hydrogen-bond acceptors (Lipinski definition) is 1. The Morgan fingerprint density at radius 1 is 1.39 bits per heavy atom. The van der Waals surface area contributed by atoms with Crippen molar-refractivity contribution in [3.63, 3.8) is 0 Å². The van der Waals surface area contributed by atoms with Gasteiger partial charge < -0.3 is 9.55 Å². The number of nitrogens with zero attached hydrogens (tertiary/aromatic N) is 1. The second-order valence-electron chi connectivity index (χ2n) is 4.95. The summed E-state index contributed by atoms with van der Waals surface area (Å²) in [5.74, 6) is -1.63. The molecule has 3 rings (SSSR count). The van der Waals surface area contributed by atoms with Crippen LogP contribution in [-0.2, 0) is 5.54 Å². The largest absolute Gasteiger partial charge is 0.330 e. The van der Waals surface area contributed by atoms with Crippen LogP contribution in [0, 0.1) is 16.4 Å². The molecule has 0 unspecified atom stereocenters. The van der Waals surface area contributed by atoms with E-state index in [1.54, 1.807) is 10.6 Å². The van der Waals surface area contributed by atoms with Gasteiger partial charge in [0.25, 0.3) is 0 Å². The van der Waals surface area contributed by atoms with Crippen molar-refractivity contribution in [3.8, 4) is 0 Å². The van der Waals surface area contributed by atoms with Crippen LogP contribution in [0.15, 0.2) is 12.1 Å². The molecule has 0 amide bonds. The van der Waals surface area contributed by atoms with E-state index in [4.69, 9.17) is 12.2 Å². The smallest absolute Gasteiger partial charge is 0.184 e. The second-order valence-corrected chi connectivity index (χ2v) is 5.34. The summed E-state index contributed by atoms with van der Waals surface area (Å²) in [6, 6.07) is 2.68. The first-order valence-corrected chi connectivity index (χ1v) is 6.59. The van der Waals surface area contributed by atoms with Crippen molar-refractivity contribution in [3.05, 3.63) is 28.5 Å². The molecule has 0 atom stereocenters. The Labute approximate surface area is 109 Å². The first-order valence-electron chi connectivity index (χ1n) is 6.18. The molecule has 1 fully saturated rings. The number of aromatic nitrogens is 2. The van der Waals surface area contributed by atoms with E-state index in [0.717, 1.165) is 31.7 Å². The quantitative estimate of drug-likeness (QED) is 0.807. The van der Waals surface area contributed by atoms with Gasteiger partial charge in [-0.2, -0.15) is 0 Å². The Morgan fingerprint density at radius 3 is 2.67 bits per heavy atom. The molecular formula is C13H14F2N2S. The minimum absolute atomic E-state index is 0.135. The lowest BCUT2D eigenvalue weighted by atomic mass is 9.74. The normalized spacial score (nSPS) is 17.9. The molecule has 1 aromatic carbocycles. The number of halogens is 2. The highest BCUT2D eigenvalue weighted by Crippen LogP contribution is 2.44. The lowest BCUT2D eigenvalue weighted by Gasteiger charge is -2.43. The Kier molecular flexibility index (Phi) is 2.55. The molecule has 96 valence electrons. The Hall–Kier alpha value is -1.23. The fraction of sp³-hybridized carbons (Fsp3) is 0.462. The van der Waals surface area contributed by atoms with Gasteiger partial charge in [0.2, 0.25) is 0 Å². The van der Waals surface area contributed by atoms with Crippen LogP contribution in [0.4, 0.5) is 8.78 Å². The number of hydrogen-bond donors (Lipinski definition) is 1. The highest BCUT2D eigenvalue weighted by Gasteiger charge is 2.39. The topological polar surface area (TPSA) is 20.7 Å². The van der Waals surface area contributed by atoms with Gasteiger partial charge >= 0.3 is 0 Å². The molecule has 5 heteroatoms. The van der Waals surface area contributed by atoms with Crippen molar-refractivity contribution >= 4 is 23.3 Å². The van der Waals surface area contributed by atoms with Crippen molar-refractivity contribution < 1.29 is 8.78 Å². The number of nitrogens with one attached hydrogen (secondary N) is 1. The minimum Gasteiger partial charge on any atom is -0.330 e. The monoisotopic (exact) mass is 268 g/mol. The molecule has 0 aliphatic heterocycles. The number of H-pyrrole nitrogens is 1. The van der Waals surface area contributed by atoms with Crippen LogP contribution in [0.3, 0.4) is 0 Å². The molecule has 1 aromatic heterocycles. The fourth-order valence-electron chi connectivity index (χ4n) is 2.90. The van der Waals surface area contributed by atoms with Crippen LogP contribution in [0.2, 0.25) is 0 Å². The third-order valence-corrected chi connectivity index (χ3v) is 4.44. The summed E-state index contributed by atoms with van der Waals surface area (Å²) < 4.78 is 29.7. The van der Waals surface area contributed by atoms with Gasteiger partial charge in [-0.25, -0.2) is 8.78 Å². The van der Waals surface area contributed by atoms with Gasteiger partial charge in [0.05, 0.1) is 5.52 Å². The van der Waals surface area contributed by atoms with E-state index < -0.39 is 11.6 Å². The van der Waals surface area contributed by atoms with Crippen molar-refractivity contribution in [2.24, 2.45) is 0 Å². The SMILES string of the molecule is CCC1(n2c(=S)[nH]c3ccc(F)c(F)c32)CCC1. The van der Waals surface area contributed by atoms with Gasteiger partial charge in [0.15, 0.2) is 16.4 Å². The van der Waals surface area contributed by atoms with E-state index in [-0.39, 0.29) is 11.1 Å². The maximum Gasteiger partial charge on any atom is 0.184 e. The maximum atomic E-state index is 14.0. The summed E-state index contributed by atoms with van der Waals surface area (Å²) in [7, 11) is 0. The molecule has 2 aromatic rings. The van der Waals surface area contributed by atoms with Crippen LogP contribution in [0.1, 0.15) is 32.6 Å². The van der Waals surface area contributed by atoms with Gasteiger partial charge in [-0.05, 0) is 50.0 Å². The van der Waals surface area contributed by atoms with E-state index in [2.05, 4.69) is 11.9 Å². The van der Waals surface area contributed by atoms with Gasteiger partial charge in [-0.1, -0.05) is 6.92 Å². The zero-order valence-corrected chi connectivity index (χ0v) is 10.9. The predicted molar refractivity (Wildman–Crippen MR) is 69.2 cm³/mol. The molecule has 0 spiro atoms. The number of benzene rings is 1. The summed E-state index contributed by atoms with van der Waals surface area (Å²) >= 11 is 5.29. The van der Waals surface area contributed by atoms with E-state index >= 15 is 0 Å². The zero-order chi connectivity index (χ0) is 12.9. The van der Waals surface area contributed by atoms with Crippen LogP contribution in [-0.4, -0.2) is 9.55 Å². The highest BCUT2D eigenvalue weighted by molar-refractivity contribution is 7.71. The molecule has 1 aliphatic rings. The number of fused-ring (bicyclic) bond motifs is 1.